The molecule has 0 saturated carbocycles. The van der Waals surface area contributed by atoms with E-state index in [0.717, 1.165) is 0 Å². The predicted molar refractivity (Wildman–Crippen MR) is 43.7 cm³/mol. The van der Waals surface area contributed by atoms with Crippen molar-refractivity contribution in [2.24, 2.45) is 5.73 Å². The van der Waals surface area contributed by atoms with Gasteiger partial charge in [-0.05, 0) is 0 Å². The molecule has 0 aromatic carbocycles. The van der Waals surface area contributed by atoms with E-state index in [1.165, 1.54) is 6.92 Å². The molecule has 0 unspecified atom stereocenters. The van der Waals surface area contributed by atoms with Crippen molar-refractivity contribution in [3.8, 4) is 0 Å². The zero-order chi connectivity index (χ0) is 10.0. The highest BCUT2D eigenvalue weighted by Gasteiger charge is 2.12. The quantitative estimate of drug-likeness (QED) is 0.502. The van der Waals surface area contributed by atoms with Crippen molar-refractivity contribution in [1.82, 2.24) is 14.8 Å². The molecule has 70 valence electrons. The average Bonchev–Trinajstić information content (AvgIpc) is 2.29. The van der Waals surface area contributed by atoms with E-state index in [4.69, 9.17) is 11.5 Å². The first-order valence-corrected chi connectivity index (χ1v) is 3.30. The summed E-state index contributed by atoms with van der Waals surface area (Å²) in [6.07, 6.45) is 0. The Morgan fingerprint density at radius 1 is 1.54 bits per heavy atom. The van der Waals surface area contributed by atoms with Gasteiger partial charge in [0, 0.05) is 6.92 Å². The standard InChI is InChI=1S/C5H8N6O2/c1-2(12)8-5-9-3(6)10-11(5)4(7)13/h1H3,(H2,7,13)(H3,6,8,9,10,12). The average molecular weight is 184 g/mol. The molecule has 1 rings (SSSR count). The summed E-state index contributed by atoms with van der Waals surface area (Å²) in [5.41, 5.74) is 10.1. The van der Waals surface area contributed by atoms with Gasteiger partial charge < -0.3 is 11.5 Å². The zero-order valence-corrected chi connectivity index (χ0v) is 6.81. The van der Waals surface area contributed by atoms with Gasteiger partial charge >= 0.3 is 6.03 Å². The molecule has 1 heterocycles. The van der Waals surface area contributed by atoms with Gasteiger partial charge in [-0.1, -0.05) is 0 Å². The number of rotatable bonds is 1. The van der Waals surface area contributed by atoms with Crippen LogP contribution in [-0.2, 0) is 4.79 Å². The molecule has 0 aliphatic rings. The lowest BCUT2D eigenvalue weighted by Crippen LogP contribution is -2.24. The first-order chi connectivity index (χ1) is 6.00. The number of hydrogen-bond acceptors (Lipinski definition) is 5. The number of aromatic nitrogens is 3. The van der Waals surface area contributed by atoms with Gasteiger partial charge in [0.2, 0.25) is 17.8 Å². The molecule has 1 aromatic heterocycles. The van der Waals surface area contributed by atoms with Crippen LogP contribution in [0, 0.1) is 0 Å². The fraction of sp³-hybridized carbons (Fsp3) is 0.200. The van der Waals surface area contributed by atoms with Crippen LogP contribution in [-0.4, -0.2) is 26.7 Å². The maximum atomic E-state index is 10.7. The van der Waals surface area contributed by atoms with Crippen LogP contribution in [0.15, 0.2) is 0 Å². The number of hydrogen-bond donors (Lipinski definition) is 3. The molecule has 2 amide bonds. The first kappa shape index (κ1) is 8.97. The van der Waals surface area contributed by atoms with Gasteiger partial charge in [-0.25, -0.2) is 4.79 Å². The highest BCUT2D eigenvalue weighted by atomic mass is 16.2. The zero-order valence-electron chi connectivity index (χ0n) is 6.81. The Hall–Kier alpha value is -2.12. The minimum absolute atomic E-state index is 0.0856. The van der Waals surface area contributed by atoms with Crippen LogP contribution in [0.1, 0.15) is 6.92 Å². The maximum Gasteiger partial charge on any atom is 0.342 e. The monoisotopic (exact) mass is 184 g/mol. The van der Waals surface area contributed by atoms with Crippen LogP contribution < -0.4 is 16.8 Å². The SMILES string of the molecule is CC(=O)Nc1nc(N)nn1C(N)=O. The van der Waals surface area contributed by atoms with Crippen LogP contribution in [0.25, 0.3) is 0 Å². The number of nitrogens with one attached hydrogen (secondary N) is 1. The summed E-state index contributed by atoms with van der Waals surface area (Å²) in [5, 5.41) is 5.70. The highest BCUT2D eigenvalue weighted by molar-refractivity contribution is 5.89. The Balaban J connectivity index is 3.04. The van der Waals surface area contributed by atoms with Crippen molar-refractivity contribution < 1.29 is 9.59 Å². The van der Waals surface area contributed by atoms with Crippen LogP contribution in [0.3, 0.4) is 0 Å². The van der Waals surface area contributed by atoms with Gasteiger partial charge in [0.1, 0.15) is 0 Å². The summed E-state index contributed by atoms with van der Waals surface area (Å²) < 4.78 is 0.705. The number of anilines is 2. The molecule has 0 saturated heterocycles. The number of nitrogens with two attached hydrogens (primary N) is 2. The fourth-order valence-electron chi connectivity index (χ4n) is 0.720. The van der Waals surface area contributed by atoms with Crippen molar-refractivity contribution in [2.45, 2.75) is 6.92 Å². The van der Waals surface area contributed by atoms with Crippen LogP contribution in [0.4, 0.5) is 16.7 Å². The Morgan fingerprint density at radius 2 is 2.15 bits per heavy atom. The van der Waals surface area contributed by atoms with E-state index in [1.54, 1.807) is 0 Å². The van der Waals surface area contributed by atoms with Crippen molar-refractivity contribution in [3.63, 3.8) is 0 Å². The number of carbonyl (C=O) groups excluding carboxylic acids is 2. The number of carbonyl (C=O) groups is 2. The molecular formula is C5H8N6O2. The molecule has 8 heteroatoms. The minimum atomic E-state index is -0.868. The summed E-state index contributed by atoms with van der Waals surface area (Å²) >= 11 is 0. The Morgan fingerprint density at radius 3 is 2.62 bits per heavy atom. The molecule has 1 aromatic rings. The molecular weight excluding hydrogens is 176 g/mol. The van der Waals surface area contributed by atoms with Crippen LogP contribution >= 0.6 is 0 Å². The van der Waals surface area contributed by atoms with Crippen molar-refractivity contribution >= 4 is 23.8 Å². The predicted octanol–water partition coefficient (Wildman–Crippen LogP) is -1.25. The number of nitrogens with zero attached hydrogens (tertiary/aromatic N) is 3. The third-order valence-corrected chi connectivity index (χ3v) is 1.12. The minimum Gasteiger partial charge on any atom is -0.366 e. The van der Waals surface area contributed by atoms with Crippen molar-refractivity contribution in [1.29, 1.82) is 0 Å². The molecule has 0 radical (unpaired) electrons. The molecule has 0 aliphatic carbocycles. The van der Waals surface area contributed by atoms with Crippen molar-refractivity contribution in [2.75, 3.05) is 11.1 Å². The topological polar surface area (TPSA) is 129 Å². The van der Waals surface area contributed by atoms with Crippen LogP contribution in [0.5, 0.6) is 0 Å². The number of nitrogen functional groups attached to an aromatic ring is 1. The molecule has 5 N–H and O–H groups in total. The molecule has 0 aliphatic heterocycles. The number of amides is 2. The largest absolute Gasteiger partial charge is 0.366 e. The lowest BCUT2D eigenvalue weighted by Gasteiger charge is -1.99. The lowest BCUT2D eigenvalue weighted by atomic mass is 10.7. The van der Waals surface area contributed by atoms with E-state index in [1.807, 2.05) is 0 Å². The van der Waals surface area contributed by atoms with Gasteiger partial charge in [-0.3, -0.25) is 10.1 Å². The first-order valence-electron chi connectivity index (χ1n) is 3.30. The van der Waals surface area contributed by atoms with Gasteiger partial charge in [0.05, 0.1) is 0 Å². The molecule has 0 atom stereocenters. The molecule has 13 heavy (non-hydrogen) atoms. The summed E-state index contributed by atoms with van der Waals surface area (Å²) in [4.78, 5) is 24.9. The molecule has 0 bridgehead atoms. The fourth-order valence-corrected chi connectivity index (χ4v) is 0.720. The summed E-state index contributed by atoms with van der Waals surface area (Å²) in [7, 11) is 0. The Kier molecular flexibility index (Phi) is 2.13. The van der Waals surface area contributed by atoms with Gasteiger partial charge in [0.15, 0.2) is 0 Å². The summed E-state index contributed by atoms with van der Waals surface area (Å²) in [6, 6.07) is -0.868. The molecule has 8 nitrogen and oxygen atoms in total. The normalized spacial score (nSPS) is 9.62. The van der Waals surface area contributed by atoms with E-state index in [-0.39, 0.29) is 11.9 Å². The van der Waals surface area contributed by atoms with E-state index < -0.39 is 11.9 Å². The summed E-state index contributed by atoms with van der Waals surface area (Å²) in [5.74, 6) is -0.616. The second kappa shape index (κ2) is 3.09. The van der Waals surface area contributed by atoms with E-state index >= 15 is 0 Å². The molecule has 0 spiro atoms. The van der Waals surface area contributed by atoms with Gasteiger partial charge in [0.25, 0.3) is 0 Å². The smallest absolute Gasteiger partial charge is 0.342 e. The Bertz CT molecular complexity index is 356. The third-order valence-electron chi connectivity index (χ3n) is 1.12. The van der Waals surface area contributed by atoms with E-state index in [2.05, 4.69) is 15.4 Å². The Labute approximate surface area is 72.9 Å². The van der Waals surface area contributed by atoms with E-state index in [0.29, 0.717) is 4.68 Å². The van der Waals surface area contributed by atoms with Gasteiger partial charge in [-0.15, -0.1) is 9.78 Å². The van der Waals surface area contributed by atoms with Crippen LogP contribution in [0.2, 0.25) is 0 Å². The highest BCUT2D eigenvalue weighted by Crippen LogP contribution is 2.04. The lowest BCUT2D eigenvalue weighted by molar-refractivity contribution is -0.114. The second-order valence-electron chi connectivity index (χ2n) is 2.22. The maximum absolute atomic E-state index is 10.7. The van der Waals surface area contributed by atoms with E-state index in [9.17, 15) is 9.59 Å². The molecule has 0 fully saturated rings. The number of primary amides is 1. The van der Waals surface area contributed by atoms with Gasteiger partial charge in [-0.2, -0.15) is 4.98 Å². The third kappa shape index (κ3) is 1.92. The summed E-state index contributed by atoms with van der Waals surface area (Å²) in [6.45, 7) is 1.26. The van der Waals surface area contributed by atoms with Crippen molar-refractivity contribution in [3.05, 3.63) is 0 Å². The second-order valence-corrected chi connectivity index (χ2v) is 2.22.